The van der Waals surface area contributed by atoms with Crippen molar-refractivity contribution >= 4 is 5.69 Å². The molecule has 0 radical (unpaired) electrons. The summed E-state index contributed by atoms with van der Waals surface area (Å²) in [4.78, 5) is 20.4. The molecule has 20 heavy (non-hydrogen) atoms. The highest BCUT2D eigenvalue weighted by Gasteiger charge is 2.23. The molecular weight excluding hydrogens is 264 g/mol. The molecule has 0 N–H and O–H groups in total. The number of nitrogens with zero attached hydrogens (tertiary/aromatic N) is 2. The minimum Gasteiger partial charge on any atom is -0.461 e. The minimum absolute atomic E-state index is 0.0620. The van der Waals surface area contributed by atoms with Gasteiger partial charge in [0.2, 0.25) is 5.70 Å². The molecule has 0 heterocycles. The average molecular weight is 276 g/mol. The Balaban J connectivity index is 2.20. The molecule has 2 rings (SSSR count). The summed E-state index contributed by atoms with van der Waals surface area (Å²) < 4.78 is 5.58. The highest BCUT2D eigenvalue weighted by Crippen LogP contribution is 2.29. The van der Waals surface area contributed by atoms with Gasteiger partial charge in [-0.2, -0.15) is 0 Å². The van der Waals surface area contributed by atoms with E-state index in [4.69, 9.17) is 4.74 Å². The highest BCUT2D eigenvalue weighted by molar-refractivity contribution is 5.39. The fourth-order valence-corrected chi connectivity index (χ4v) is 1.89. The van der Waals surface area contributed by atoms with Crippen LogP contribution >= 0.6 is 0 Å². The van der Waals surface area contributed by atoms with Gasteiger partial charge in [0.25, 0.3) is 5.69 Å². The number of benzene rings is 1. The number of hydrogen-bond acceptors (Lipinski definition) is 5. The zero-order valence-electron chi connectivity index (χ0n) is 10.7. The van der Waals surface area contributed by atoms with E-state index >= 15 is 0 Å². The monoisotopic (exact) mass is 276 g/mol. The maximum atomic E-state index is 10.7. The van der Waals surface area contributed by atoms with Crippen molar-refractivity contribution in [1.82, 2.24) is 0 Å². The minimum atomic E-state index is -0.504. The zero-order chi connectivity index (χ0) is 14.7. The van der Waals surface area contributed by atoms with E-state index in [9.17, 15) is 20.2 Å². The molecule has 7 heteroatoms. The first-order valence-electron chi connectivity index (χ1n) is 5.95. The van der Waals surface area contributed by atoms with E-state index in [-0.39, 0.29) is 23.7 Å². The van der Waals surface area contributed by atoms with Crippen LogP contribution in [0, 0.1) is 26.1 Å². The van der Waals surface area contributed by atoms with Crippen molar-refractivity contribution in [1.29, 1.82) is 0 Å². The van der Waals surface area contributed by atoms with E-state index in [2.05, 4.69) is 0 Å². The zero-order valence-corrected chi connectivity index (χ0v) is 10.7. The van der Waals surface area contributed by atoms with Gasteiger partial charge in [-0.1, -0.05) is 13.0 Å². The number of hydrogen-bond donors (Lipinski definition) is 0. The van der Waals surface area contributed by atoms with E-state index in [0.717, 1.165) is 0 Å². The second-order valence-corrected chi connectivity index (χ2v) is 4.45. The Labute approximate surface area is 114 Å². The van der Waals surface area contributed by atoms with Crippen molar-refractivity contribution in [2.45, 2.75) is 13.3 Å². The van der Waals surface area contributed by atoms with Gasteiger partial charge < -0.3 is 4.74 Å². The lowest BCUT2D eigenvalue weighted by Gasteiger charge is -2.18. The predicted octanol–water partition coefficient (Wildman–Crippen LogP) is 3.06. The SMILES string of the molecule is CC1CC([N+](=O)[O-])=CC=C1Oc1cccc([N+](=O)[O-])c1. The molecule has 0 spiro atoms. The maximum absolute atomic E-state index is 10.7. The van der Waals surface area contributed by atoms with Crippen LogP contribution in [0.1, 0.15) is 13.3 Å². The first-order chi connectivity index (χ1) is 9.47. The van der Waals surface area contributed by atoms with Crippen molar-refractivity contribution in [2.24, 2.45) is 5.92 Å². The summed E-state index contributed by atoms with van der Waals surface area (Å²) in [5.41, 5.74) is 0.0666. The molecule has 7 nitrogen and oxygen atoms in total. The first kappa shape index (κ1) is 13.7. The van der Waals surface area contributed by atoms with Crippen molar-refractivity contribution in [3.05, 3.63) is 68.1 Å². The summed E-state index contributed by atoms with van der Waals surface area (Å²) in [6.45, 7) is 1.81. The third kappa shape index (κ3) is 3.00. The standard InChI is InChI=1S/C13H12N2O5/c1-9-7-11(15(18)19)5-6-13(9)20-12-4-2-3-10(8-12)14(16)17/h2-6,8-9H,7H2,1H3. The van der Waals surface area contributed by atoms with Crippen LogP contribution in [0.2, 0.25) is 0 Å². The van der Waals surface area contributed by atoms with E-state index in [1.807, 2.05) is 0 Å². The highest BCUT2D eigenvalue weighted by atomic mass is 16.6. The van der Waals surface area contributed by atoms with Crippen molar-refractivity contribution in [3.63, 3.8) is 0 Å². The van der Waals surface area contributed by atoms with E-state index in [0.29, 0.717) is 11.5 Å². The Morgan fingerprint density at radius 1 is 1.20 bits per heavy atom. The van der Waals surface area contributed by atoms with Crippen LogP contribution in [0.3, 0.4) is 0 Å². The number of rotatable bonds is 4. The molecule has 1 aromatic carbocycles. The van der Waals surface area contributed by atoms with Gasteiger partial charge in [0.1, 0.15) is 11.5 Å². The lowest BCUT2D eigenvalue weighted by molar-refractivity contribution is -0.429. The molecule has 0 fully saturated rings. The van der Waals surface area contributed by atoms with Crippen LogP contribution < -0.4 is 4.74 Å². The second-order valence-electron chi connectivity index (χ2n) is 4.45. The molecule has 0 amide bonds. The lowest BCUT2D eigenvalue weighted by atomic mass is 9.98. The van der Waals surface area contributed by atoms with E-state index in [1.165, 1.54) is 30.4 Å². The summed E-state index contributed by atoms with van der Waals surface area (Å²) in [5, 5.41) is 21.4. The van der Waals surface area contributed by atoms with Gasteiger partial charge in [-0.05, 0) is 12.1 Å². The Kier molecular flexibility index (Phi) is 3.79. The summed E-state index contributed by atoms with van der Waals surface area (Å²) in [6.07, 6.45) is 3.20. The smallest absolute Gasteiger partial charge is 0.273 e. The Morgan fingerprint density at radius 2 is 1.95 bits per heavy atom. The molecule has 1 atom stereocenters. The van der Waals surface area contributed by atoms with Crippen molar-refractivity contribution in [3.8, 4) is 5.75 Å². The van der Waals surface area contributed by atoms with Gasteiger partial charge in [-0.25, -0.2) is 0 Å². The molecule has 0 saturated heterocycles. The third-order valence-electron chi connectivity index (χ3n) is 2.94. The fraction of sp³-hybridized carbons (Fsp3) is 0.231. The number of non-ortho nitro benzene ring substituents is 1. The summed E-state index contributed by atoms with van der Waals surface area (Å²) >= 11 is 0. The lowest BCUT2D eigenvalue weighted by Crippen LogP contribution is -2.14. The molecule has 1 unspecified atom stereocenters. The normalized spacial score (nSPS) is 17.9. The molecule has 0 bridgehead atoms. The van der Waals surface area contributed by atoms with Crippen LogP contribution in [0.15, 0.2) is 47.9 Å². The first-order valence-corrected chi connectivity index (χ1v) is 5.95. The molecule has 1 aliphatic carbocycles. The Bertz CT molecular complexity index is 621. The third-order valence-corrected chi connectivity index (χ3v) is 2.94. The molecule has 0 saturated carbocycles. The molecule has 0 aromatic heterocycles. The van der Waals surface area contributed by atoms with Crippen LogP contribution in [0.4, 0.5) is 5.69 Å². The van der Waals surface area contributed by atoms with Gasteiger partial charge in [-0.3, -0.25) is 20.2 Å². The van der Waals surface area contributed by atoms with Crippen LogP contribution in [0.25, 0.3) is 0 Å². The summed E-state index contributed by atoms with van der Waals surface area (Å²) in [6, 6.07) is 5.82. The average Bonchev–Trinajstić information content (AvgIpc) is 2.41. The molecular formula is C13H12N2O5. The quantitative estimate of drug-likeness (QED) is 0.622. The number of nitro benzene ring substituents is 1. The molecule has 1 aromatic rings. The fourth-order valence-electron chi connectivity index (χ4n) is 1.89. The van der Waals surface area contributed by atoms with Crippen molar-refractivity contribution < 1.29 is 14.6 Å². The van der Waals surface area contributed by atoms with Gasteiger partial charge in [-0.15, -0.1) is 0 Å². The largest absolute Gasteiger partial charge is 0.461 e. The number of nitro groups is 2. The van der Waals surface area contributed by atoms with Crippen LogP contribution in [-0.4, -0.2) is 9.85 Å². The van der Waals surface area contributed by atoms with Crippen molar-refractivity contribution in [2.75, 3.05) is 0 Å². The maximum Gasteiger partial charge on any atom is 0.273 e. The van der Waals surface area contributed by atoms with Gasteiger partial charge in [0.05, 0.1) is 15.9 Å². The number of ether oxygens (including phenoxy) is 1. The summed E-state index contributed by atoms with van der Waals surface area (Å²) in [5.74, 6) is 0.742. The molecule has 0 aliphatic heterocycles. The predicted molar refractivity (Wildman–Crippen MR) is 70.7 cm³/mol. The summed E-state index contributed by atoms with van der Waals surface area (Å²) in [7, 11) is 0. The van der Waals surface area contributed by atoms with Gasteiger partial charge >= 0.3 is 0 Å². The van der Waals surface area contributed by atoms with Crippen LogP contribution in [-0.2, 0) is 0 Å². The van der Waals surface area contributed by atoms with Crippen LogP contribution in [0.5, 0.6) is 5.75 Å². The van der Waals surface area contributed by atoms with Gasteiger partial charge in [0, 0.05) is 24.5 Å². The Morgan fingerprint density at radius 3 is 2.55 bits per heavy atom. The van der Waals surface area contributed by atoms with E-state index in [1.54, 1.807) is 13.0 Å². The second kappa shape index (κ2) is 5.52. The Hall–Kier alpha value is -2.70. The van der Waals surface area contributed by atoms with Gasteiger partial charge in [0.15, 0.2) is 0 Å². The topological polar surface area (TPSA) is 95.5 Å². The molecule has 1 aliphatic rings. The molecule has 104 valence electrons. The number of allylic oxidation sites excluding steroid dienone is 4. The van der Waals surface area contributed by atoms with E-state index < -0.39 is 9.85 Å².